The highest BCUT2D eigenvalue weighted by Gasteiger charge is 2.14. The number of hydrogen-bond acceptors (Lipinski definition) is 7. The van der Waals surface area contributed by atoms with Crippen LogP contribution in [0, 0.1) is 10.1 Å². The predicted molar refractivity (Wildman–Crippen MR) is 77.4 cm³/mol. The number of carbonyl (C=O) groups excluding carboxylic acids is 1. The first-order valence-electron chi connectivity index (χ1n) is 6.56. The van der Waals surface area contributed by atoms with Crippen LogP contribution in [0.3, 0.4) is 0 Å². The summed E-state index contributed by atoms with van der Waals surface area (Å²) in [4.78, 5) is 21.6. The fraction of sp³-hybridized carbons (Fsp3) is 0.143. The van der Waals surface area contributed by atoms with Gasteiger partial charge in [0.15, 0.2) is 17.3 Å². The zero-order valence-corrected chi connectivity index (χ0v) is 11.7. The van der Waals surface area contributed by atoms with Crippen molar-refractivity contribution in [2.75, 3.05) is 6.79 Å². The van der Waals surface area contributed by atoms with Gasteiger partial charge < -0.3 is 13.9 Å². The average molecular weight is 317 g/mol. The Morgan fingerprint density at radius 3 is 2.91 bits per heavy atom. The van der Waals surface area contributed by atoms with E-state index in [-0.39, 0.29) is 24.9 Å². The lowest BCUT2D eigenvalue weighted by atomic mass is 10.1. The van der Waals surface area contributed by atoms with Crippen LogP contribution in [0.5, 0.6) is 11.5 Å². The van der Waals surface area contributed by atoms with Crippen LogP contribution < -0.4 is 14.9 Å². The molecule has 3 rings (SSSR count). The van der Waals surface area contributed by atoms with Crippen LogP contribution in [0.1, 0.15) is 11.3 Å². The summed E-state index contributed by atoms with van der Waals surface area (Å²) in [6, 6.07) is 7.80. The van der Waals surface area contributed by atoms with Gasteiger partial charge in [0.25, 0.3) is 0 Å². The van der Waals surface area contributed by atoms with Crippen molar-refractivity contribution in [3.63, 3.8) is 0 Å². The van der Waals surface area contributed by atoms with Crippen molar-refractivity contribution in [1.82, 2.24) is 5.43 Å². The third-order valence-electron chi connectivity index (χ3n) is 2.98. The van der Waals surface area contributed by atoms with Crippen molar-refractivity contribution < 1.29 is 23.6 Å². The highest BCUT2D eigenvalue weighted by atomic mass is 16.7. The molecule has 9 nitrogen and oxygen atoms in total. The van der Waals surface area contributed by atoms with Crippen LogP contribution in [-0.2, 0) is 11.2 Å². The standard InChI is InChI=1S/C14H11N3O6/c18-13(6-9-1-3-11-12(5-9)22-8-21-11)16-15-7-10-2-4-14(23-10)17(19)20/h1-5,7H,6,8H2,(H,16,18)/b15-7+. The Morgan fingerprint density at radius 2 is 2.13 bits per heavy atom. The maximum absolute atomic E-state index is 11.8. The summed E-state index contributed by atoms with van der Waals surface area (Å²) in [5.74, 6) is 0.674. The number of furan rings is 1. The van der Waals surface area contributed by atoms with Crippen LogP contribution in [0.25, 0.3) is 0 Å². The summed E-state index contributed by atoms with van der Waals surface area (Å²) in [5.41, 5.74) is 3.06. The van der Waals surface area contributed by atoms with Gasteiger partial charge in [0.2, 0.25) is 12.7 Å². The zero-order valence-electron chi connectivity index (χ0n) is 11.7. The van der Waals surface area contributed by atoms with Gasteiger partial charge in [0, 0.05) is 0 Å². The normalized spacial score (nSPS) is 12.5. The molecule has 0 saturated heterocycles. The van der Waals surface area contributed by atoms with Gasteiger partial charge in [-0.05, 0) is 23.8 Å². The SMILES string of the molecule is O=C(Cc1ccc2c(c1)OCO2)N/N=C/c1ccc([N+](=O)[O-])o1. The van der Waals surface area contributed by atoms with Gasteiger partial charge in [-0.3, -0.25) is 14.9 Å². The van der Waals surface area contributed by atoms with Gasteiger partial charge in [0.05, 0.1) is 18.7 Å². The van der Waals surface area contributed by atoms with Gasteiger partial charge in [-0.1, -0.05) is 6.07 Å². The lowest BCUT2D eigenvalue weighted by molar-refractivity contribution is -0.402. The molecule has 1 aliphatic heterocycles. The first-order chi connectivity index (χ1) is 11.1. The Balaban J connectivity index is 1.54. The molecule has 0 unspecified atom stereocenters. The maximum atomic E-state index is 11.8. The van der Waals surface area contributed by atoms with Crippen molar-refractivity contribution >= 4 is 18.0 Å². The molecule has 0 spiro atoms. The number of nitro groups is 1. The van der Waals surface area contributed by atoms with Crippen molar-refractivity contribution in [2.45, 2.75) is 6.42 Å². The second-order valence-electron chi connectivity index (χ2n) is 4.59. The number of rotatable bonds is 5. The van der Waals surface area contributed by atoms with Crippen LogP contribution in [-0.4, -0.2) is 23.8 Å². The topological polar surface area (TPSA) is 116 Å². The Bertz CT molecular complexity index is 783. The molecule has 0 fully saturated rings. The molecule has 9 heteroatoms. The molecule has 0 bridgehead atoms. The van der Waals surface area contributed by atoms with E-state index in [4.69, 9.17) is 13.9 Å². The van der Waals surface area contributed by atoms with Crippen molar-refractivity contribution in [2.24, 2.45) is 5.10 Å². The molecule has 0 atom stereocenters. The van der Waals surface area contributed by atoms with Crippen molar-refractivity contribution in [1.29, 1.82) is 0 Å². The monoisotopic (exact) mass is 317 g/mol. The van der Waals surface area contributed by atoms with Gasteiger partial charge in [-0.15, -0.1) is 0 Å². The van der Waals surface area contributed by atoms with Gasteiger partial charge in [-0.2, -0.15) is 5.10 Å². The molecule has 1 aromatic heterocycles. The molecule has 2 aromatic rings. The quantitative estimate of drug-likeness (QED) is 0.509. The highest BCUT2D eigenvalue weighted by molar-refractivity contribution is 5.82. The summed E-state index contributed by atoms with van der Waals surface area (Å²) in [6.45, 7) is 0.171. The maximum Gasteiger partial charge on any atom is 0.433 e. The third-order valence-corrected chi connectivity index (χ3v) is 2.98. The first-order valence-corrected chi connectivity index (χ1v) is 6.56. The number of nitrogens with zero attached hydrogens (tertiary/aromatic N) is 2. The van der Waals surface area contributed by atoms with Crippen molar-refractivity contribution in [3.05, 3.63) is 51.8 Å². The van der Waals surface area contributed by atoms with E-state index in [0.29, 0.717) is 11.5 Å². The third kappa shape index (κ3) is 3.46. The number of ether oxygens (including phenoxy) is 2. The summed E-state index contributed by atoms with van der Waals surface area (Å²) >= 11 is 0. The lowest BCUT2D eigenvalue weighted by Crippen LogP contribution is -2.19. The van der Waals surface area contributed by atoms with Gasteiger partial charge in [0.1, 0.15) is 4.92 Å². The van der Waals surface area contributed by atoms with E-state index < -0.39 is 10.8 Å². The molecule has 0 aliphatic carbocycles. The molecule has 0 radical (unpaired) electrons. The van der Waals surface area contributed by atoms with Crippen LogP contribution in [0.15, 0.2) is 39.9 Å². The molecule has 0 saturated carbocycles. The number of amides is 1. The summed E-state index contributed by atoms with van der Waals surface area (Å²) in [5, 5.41) is 14.1. The van der Waals surface area contributed by atoms with Crippen LogP contribution in [0.2, 0.25) is 0 Å². The number of benzene rings is 1. The number of hydrazone groups is 1. The molecule has 118 valence electrons. The van der Waals surface area contributed by atoms with Crippen LogP contribution in [0.4, 0.5) is 5.88 Å². The molecular formula is C14H11N3O6. The second-order valence-corrected chi connectivity index (χ2v) is 4.59. The number of nitrogens with one attached hydrogen (secondary N) is 1. The van der Waals surface area contributed by atoms with E-state index in [1.165, 1.54) is 18.3 Å². The molecule has 2 heterocycles. The smallest absolute Gasteiger partial charge is 0.433 e. The minimum absolute atomic E-state index is 0.103. The summed E-state index contributed by atoms with van der Waals surface area (Å²) in [6.07, 6.45) is 1.29. The molecule has 1 aliphatic rings. The van der Waals surface area contributed by atoms with Crippen molar-refractivity contribution in [3.8, 4) is 11.5 Å². The number of carbonyl (C=O) groups is 1. The fourth-order valence-corrected chi connectivity index (χ4v) is 1.95. The Hall–Kier alpha value is -3.36. The van der Waals surface area contributed by atoms with Crippen LogP contribution >= 0.6 is 0 Å². The molecule has 1 amide bonds. The fourth-order valence-electron chi connectivity index (χ4n) is 1.95. The summed E-state index contributed by atoms with van der Waals surface area (Å²) < 4.78 is 15.3. The minimum Gasteiger partial charge on any atom is -0.454 e. The Labute approximate surface area is 129 Å². The lowest BCUT2D eigenvalue weighted by Gasteiger charge is -2.02. The Kier molecular flexibility index (Phi) is 3.91. The van der Waals surface area contributed by atoms with E-state index in [1.54, 1.807) is 18.2 Å². The first kappa shape index (κ1) is 14.6. The summed E-state index contributed by atoms with van der Waals surface area (Å²) in [7, 11) is 0. The minimum atomic E-state index is -0.657. The Morgan fingerprint density at radius 1 is 1.30 bits per heavy atom. The van der Waals surface area contributed by atoms with E-state index >= 15 is 0 Å². The van der Waals surface area contributed by atoms with E-state index in [9.17, 15) is 14.9 Å². The zero-order chi connectivity index (χ0) is 16.2. The average Bonchev–Trinajstić information content (AvgIpc) is 3.15. The second kappa shape index (κ2) is 6.18. The predicted octanol–water partition coefficient (Wildman–Crippen LogP) is 1.61. The van der Waals surface area contributed by atoms with Gasteiger partial charge in [-0.25, -0.2) is 5.43 Å². The molecule has 1 aromatic carbocycles. The molecule has 23 heavy (non-hydrogen) atoms. The van der Waals surface area contributed by atoms with E-state index in [1.807, 2.05) is 0 Å². The number of fused-ring (bicyclic) bond motifs is 1. The molecule has 1 N–H and O–H groups in total. The van der Waals surface area contributed by atoms with E-state index in [2.05, 4.69) is 10.5 Å². The highest BCUT2D eigenvalue weighted by Crippen LogP contribution is 2.32. The van der Waals surface area contributed by atoms with E-state index in [0.717, 1.165) is 5.56 Å². The molecular weight excluding hydrogens is 306 g/mol. The largest absolute Gasteiger partial charge is 0.454 e. The number of hydrogen-bond donors (Lipinski definition) is 1. The van der Waals surface area contributed by atoms with Gasteiger partial charge >= 0.3 is 5.88 Å².